The lowest BCUT2D eigenvalue weighted by Crippen LogP contribution is -2.17. The van der Waals surface area contributed by atoms with Gasteiger partial charge in [0.15, 0.2) is 0 Å². The van der Waals surface area contributed by atoms with Crippen LogP contribution in [-0.2, 0) is 0 Å². The molecule has 0 radical (unpaired) electrons. The Labute approximate surface area is 89.4 Å². The Morgan fingerprint density at radius 3 is 2.80 bits per heavy atom. The topological polar surface area (TPSA) is 54.4 Å². The third-order valence-corrected chi connectivity index (χ3v) is 1.78. The molecule has 0 fully saturated rings. The van der Waals surface area contributed by atoms with Gasteiger partial charge in [0.1, 0.15) is 0 Å². The summed E-state index contributed by atoms with van der Waals surface area (Å²) in [7, 11) is 0. The zero-order valence-corrected chi connectivity index (χ0v) is 8.97. The van der Waals surface area contributed by atoms with Crippen molar-refractivity contribution >= 4 is 12.1 Å². The minimum Gasteiger partial charge on any atom is -0.267 e. The number of carbonyl (C=O) groups is 1. The molecule has 0 aliphatic heterocycles. The number of hydrogen-bond acceptors (Lipinski definition) is 3. The molecule has 0 spiro atoms. The van der Waals surface area contributed by atoms with Crippen LogP contribution in [0.5, 0.6) is 0 Å². The molecule has 1 amide bonds. The highest BCUT2D eigenvalue weighted by Crippen LogP contribution is 1.96. The number of amides is 1. The fourth-order valence-corrected chi connectivity index (χ4v) is 0.936. The summed E-state index contributed by atoms with van der Waals surface area (Å²) in [5.74, 6) is 0.337. The van der Waals surface area contributed by atoms with Crippen LogP contribution in [0.15, 0.2) is 29.6 Å². The number of nitrogens with zero attached hydrogens (tertiary/aromatic N) is 2. The van der Waals surface area contributed by atoms with Gasteiger partial charge in [-0.25, -0.2) is 5.43 Å². The van der Waals surface area contributed by atoms with Crippen LogP contribution in [0.3, 0.4) is 0 Å². The number of nitrogens with one attached hydrogen (secondary N) is 1. The van der Waals surface area contributed by atoms with E-state index in [1.54, 1.807) is 30.7 Å². The molecule has 0 aromatic carbocycles. The lowest BCUT2D eigenvalue weighted by molar-refractivity contribution is 0.0955. The molecular weight excluding hydrogens is 190 g/mol. The standard InChI is InChI=1S/C11H15N3O/c1-9(2)3-8-13-14-11(15)10-4-6-12-7-5-10/h4-9H,3H2,1-2H3,(H,14,15)/b13-8+. The van der Waals surface area contributed by atoms with Gasteiger partial charge in [0.05, 0.1) is 0 Å². The third kappa shape index (κ3) is 4.35. The molecule has 1 heterocycles. The Morgan fingerprint density at radius 1 is 1.53 bits per heavy atom. The highest BCUT2D eigenvalue weighted by atomic mass is 16.2. The summed E-state index contributed by atoms with van der Waals surface area (Å²) in [4.78, 5) is 15.3. The summed E-state index contributed by atoms with van der Waals surface area (Å²) >= 11 is 0. The van der Waals surface area contributed by atoms with E-state index in [1.807, 2.05) is 0 Å². The third-order valence-electron chi connectivity index (χ3n) is 1.78. The average Bonchev–Trinajstić information content (AvgIpc) is 2.25. The van der Waals surface area contributed by atoms with E-state index < -0.39 is 0 Å². The predicted octanol–water partition coefficient (Wildman–Crippen LogP) is 1.84. The first kappa shape index (κ1) is 11.4. The van der Waals surface area contributed by atoms with Crippen molar-refractivity contribution in [2.45, 2.75) is 20.3 Å². The van der Waals surface area contributed by atoms with Gasteiger partial charge in [0.25, 0.3) is 5.91 Å². The number of hydrazone groups is 1. The van der Waals surface area contributed by atoms with Gasteiger partial charge in [0, 0.05) is 24.2 Å². The SMILES string of the molecule is CC(C)C/C=N/NC(=O)c1ccncc1. The first-order chi connectivity index (χ1) is 7.20. The molecule has 0 aliphatic carbocycles. The Hall–Kier alpha value is -1.71. The van der Waals surface area contributed by atoms with Crippen molar-refractivity contribution in [3.63, 3.8) is 0 Å². The molecule has 15 heavy (non-hydrogen) atoms. The molecule has 0 bridgehead atoms. The molecule has 1 rings (SSSR count). The van der Waals surface area contributed by atoms with E-state index in [1.165, 1.54) is 0 Å². The summed E-state index contributed by atoms with van der Waals surface area (Å²) in [6, 6.07) is 3.29. The first-order valence-electron chi connectivity index (χ1n) is 4.92. The second-order valence-corrected chi connectivity index (χ2v) is 3.62. The van der Waals surface area contributed by atoms with E-state index in [0.717, 1.165) is 6.42 Å². The molecular formula is C11H15N3O. The van der Waals surface area contributed by atoms with E-state index in [0.29, 0.717) is 11.5 Å². The fourth-order valence-electron chi connectivity index (χ4n) is 0.936. The van der Waals surface area contributed by atoms with Crippen LogP contribution >= 0.6 is 0 Å². The van der Waals surface area contributed by atoms with E-state index in [2.05, 4.69) is 29.4 Å². The van der Waals surface area contributed by atoms with E-state index in [-0.39, 0.29) is 5.91 Å². The summed E-state index contributed by atoms with van der Waals surface area (Å²) in [5, 5.41) is 3.84. The van der Waals surface area contributed by atoms with Crippen LogP contribution in [0.2, 0.25) is 0 Å². The maximum Gasteiger partial charge on any atom is 0.271 e. The van der Waals surface area contributed by atoms with Crippen molar-refractivity contribution in [1.82, 2.24) is 10.4 Å². The van der Waals surface area contributed by atoms with Crippen molar-refractivity contribution < 1.29 is 4.79 Å². The lowest BCUT2D eigenvalue weighted by atomic mass is 10.2. The van der Waals surface area contributed by atoms with Gasteiger partial charge in [-0.1, -0.05) is 13.8 Å². The van der Waals surface area contributed by atoms with Gasteiger partial charge in [-0.2, -0.15) is 5.10 Å². The molecule has 0 saturated carbocycles. The van der Waals surface area contributed by atoms with Crippen LogP contribution in [0.25, 0.3) is 0 Å². The Morgan fingerprint density at radius 2 is 2.20 bits per heavy atom. The Balaban J connectivity index is 2.40. The quantitative estimate of drug-likeness (QED) is 0.602. The Kier molecular flexibility index (Phi) is 4.47. The van der Waals surface area contributed by atoms with Crippen molar-refractivity contribution in [2.75, 3.05) is 0 Å². The zero-order chi connectivity index (χ0) is 11.1. The van der Waals surface area contributed by atoms with Crippen molar-refractivity contribution in [3.05, 3.63) is 30.1 Å². The first-order valence-corrected chi connectivity index (χ1v) is 4.92. The fraction of sp³-hybridized carbons (Fsp3) is 0.364. The largest absolute Gasteiger partial charge is 0.271 e. The van der Waals surface area contributed by atoms with E-state index in [4.69, 9.17) is 0 Å². The Bertz CT molecular complexity index is 333. The molecule has 4 heteroatoms. The molecule has 80 valence electrons. The van der Waals surface area contributed by atoms with Crippen LogP contribution in [0.4, 0.5) is 0 Å². The van der Waals surface area contributed by atoms with Gasteiger partial charge < -0.3 is 0 Å². The lowest BCUT2D eigenvalue weighted by Gasteiger charge is -1.99. The number of rotatable bonds is 4. The number of carbonyl (C=O) groups excluding carboxylic acids is 1. The number of hydrogen-bond donors (Lipinski definition) is 1. The molecule has 1 aromatic heterocycles. The summed E-state index contributed by atoms with van der Waals surface area (Å²) < 4.78 is 0. The smallest absolute Gasteiger partial charge is 0.267 e. The molecule has 0 unspecified atom stereocenters. The maximum absolute atomic E-state index is 11.4. The van der Waals surface area contributed by atoms with Gasteiger partial charge in [-0.15, -0.1) is 0 Å². The highest BCUT2D eigenvalue weighted by molar-refractivity contribution is 5.94. The normalized spacial score (nSPS) is 10.9. The number of aromatic nitrogens is 1. The van der Waals surface area contributed by atoms with Gasteiger partial charge in [0.2, 0.25) is 0 Å². The maximum atomic E-state index is 11.4. The zero-order valence-electron chi connectivity index (χ0n) is 8.97. The van der Waals surface area contributed by atoms with Gasteiger partial charge >= 0.3 is 0 Å². The van der Waals surface area contributed by atoms with Gasteiger partial charge in [-0.05, 0) is 24.5 Å². The molecule has 4 nitrogen and oxygen atoms in total. The molecule has 0 aliphatic rings. The van der Waals surface area contributed by atoms with Crippen LogP contribution < -0.4 is 5.43 Å². The minimum atomic E-state index is -0.211. The highest BCUT2D eigenvalue weighted by Gasteiger charge is 2.01. The average molecular weight is 205 g/mol. The molecule has 1 aromatic rings. The number of pyridine rings is 1. The van der Waals surface area contributed by atoms with Crippen LogP contribution in [-0.4, -0.2) is 17.1 Å². The van der Waals surface area contributed by atoms with E-state index in [9.17, 15) is 4.79 Å². The van der Waals surface area contributed by atoms with Crippen LogP contribution in [0, 0.1) is 5.92 Å². The summed E-state index contributed by atoms with van der Waals surface area (Å²) in [6.07, 6.45) is 5.72. The molecule has 1 N–H and O–H groups in total. The van der Waals surface area contributed by atoms with Gasteiger partial charge in [-0.3, -0.25) is 9.78 Å². The van der Waals surface area contributed by atoms with E-state index >= 15 is 0 Å². The molecule has 0 saturated heterocycles. The summed E-state index contributed by atoms with van der Waals surface area (Å²) in [5.41, 5.74) is 3.02. The van der Waals surface area contributed by atoms with Crippen molar-refractivity contribution in [1.29, 1.82) is 0 Å². The second kappa shape index (κ2) is 5.90. The summed E-state index contributed by atoms with van der Waals surface area (Å²) in [6.45, 7) is 4.19. The van der Waals surface area contributed by atoms with Crippen molar-refractivity contribution in [3.8, 4) is 0 Å². The predicted molar refractivity (Wildman–Crippen MR) is 59.7 cm³/mol. The van der Waals surface area contributed by atoms with Crippen molar-refractivity contribution in [2.24, 2.45) is 11.0 Å². The van der Waals surface area contributed by atoms with Crippen LogP contribution in [0.1, 0.15) is 30.6 Å². The molecule has 0 atom stereocenters. The second-order valence-electron chi connectivity index (χ2n) is 3.62. The minimum absolute atomic E-state index is 0.211. The monoisotopic (exact) mass is 205 g/mol.